The highest BCUT2D eigenvalue weighted by Gasteiger charge is 1.98. The van der Waals surface area contributed by atoms with E-state index >= 15 is 0 Å². The molecule has 2 nitrogen and oxygen atoms in total. The van der Waals surface area contributed by atoms with Crippen LogP contribution in [0.3, 0.4) is 0 Å². The molecule has 0 radical (unpaired) electrons. The number of benzene rings is 1. The maximum atomic E-state index is 10.7. The van der Waals surface area contributed by atoms with Gasteiger partial charge in [0.1, 0.15) is 5.78 Å². The summed E-state index contributed by atoms with van der Waals surface area (Å²) in [7, 11) is 0. The van der Waals surface area contributed by atoms with E-state index < -0.39 is 0 Å². The van der Waals surface area contributed by atoms with Gasteiger partial charge in [0.25, 0.3) is 0 Å². The van der Waals surface area contributed by atoms with Crippen LogP contribution >= 0.6 is 0 Å². The molecule has 0 heterocycles. The average molecular weight is 191 g/mol. The summed E-state index contributed by atoms with van der Waals surface area (Å²) in [5.41, 5.74) is 2.45. The molecule has 0 saturated heterocycles. The third-order valence-electron chi connectivity index (χ3n) is 2.19. The molecule has 0 aliphatic rings. The molecule has 1 N–H and O–H groups in total. The summed E-state index contributed by atoms with van der Waals surface area (Å²) in [5.74, 6) is 0.228. The van der Waals surface area contributed by atoms with Crippen molar-refractivity contribution in [2.45, 2.75) is 26.7 Å². The zero-order valence-electron chi connectivity index (χ0n) is 8.84. The number of hydrogen-bond acceptors (Lipinski definition) is 2. The molecule has 0 aliphatic carbocycles. The van der Waals surface area contributed by atoms with Crippen molar-refractivity contribution in [1.29, 1.82) is 0 Å². The standard InChI is InChI=1S/C12H17NO/c1-3-11-6-4-5-7-12(11)13-9-8-10(2)14/h4-7,13H,3,8-9H2,1-2H3. The minimum atomic E-state index is 0.228. The van der Waals surface area contributed by atoms with E-state index in [4.69, 9.17) is 0 Å². The molecule has 1 aromatic carbocycles. The van der Waals surface area contributed by atoms with Crippen LogP contribution in [0, 0.1) is 0 Å². The zero-order chi connectivity index (χ0) is 10.4. The van der Waals surface area contributed by atoms with E-state index in [-0.39, 0.29) is 5.78 Å². The maximum absolute atomic E-state index is 10.7. The van der Waals surface area contributed by atoms with Gasteiger partial charge in [0, 0.05) is 18.7 Å². The summed E-state index contributed by atoms with van der Waals surface area (Å²) in [5, 5.41) is 3.27. The number of rotatable bonds is 5. The topological polar surface area (TPSA) is 29.1 Å². The quantitative estimate of drug-likeness (QED) is 0.775. The van der Waals surface area contributed by atoms with E-state index in [1.165, 1.54) is 5.56 Å². The van der Waals surface area contributed by atoms with Gasteiger partial charge >= 0.3 is 0 Å². The first-order chi connectivity index (χ1) is 6.74. The Morgan fingerprint density at radius 2 is 2.07 bits per heavy atom. The van der Waals surface area contributed by atoms with Gasteiger partial charge in [-0.05, 0) is 25.0 Å². The predicted molar refractivity (Wildman–Crippen MR) is 59.6 cm³/mol. The number of hydrogen-bond donors (Lipinski definition) is 1. The summed E-state index contributed by atoms with van der Waals surface area (Å²) in [6, 6.07) is 8.21. The number of aryl methyl sites for hydroxylation is 1. The highest BCUT2D eigenvalue weighted by atomic mass is 16.1. The second-order valence-corrected chi connectivity index (χ2v) is 3.39. The number of anilines is 1. The molecule has 0 amide bonds. The Hall–Kier alpha value is -1.31. The van der Waals surface area contributed by atoms with Gasteiger partial charge in [0.05, 0.1) is 0 Å². The minimum Gasteiger partial charge on any atom is -0.384 e. The number of carbonyl (C=O) groups is 1. The Labute approximate surface area is 85.3 Å². The number of Topliss-reactive ketones (excluding diaryl/α,β-unsaturated/α-hetero) is 1. The molecule has 0 aliphatic heterocycles. The zero-order valence-corrected chi connectivity index (χ0v) is 8.84. The molecular weight excluding hydrogens is 174 g/mol. The van der Waals surface area contributed by atoms with Crippen molar-refractivity contribution in [1.82, 2.24) is 0 Å². The van der Waals surface area contributed by atoms with E-state index in [0.29, 0.717) is 6.42 Å². The lowest BCUT2D eigenvalue weighted by Crippen LogP contribution is -2.07. The molecule has 0 fully saturated rings. The molecule has 0 bridgehead atoms. The molecule has 2 heteroatoms. The summed E-state index contributed by atoms with van der Waals surface area (Å²) >= 11 is 0. The minimum absolute atomic E-state index is 0.228. The van der Waals surface area contributed by atoms with Gasteiger partial charge in [-0.1, -0.05) is 25.1 Å². The summed E-state index contributed by atoms with van der Waals surface area (Å²) in [6.45, 7) is 4.48. The van der Waals surface area contributed by atoms with Crippen LogP contribution < -0.4 is 5.32 Å². The first kappa shape index (κ1) is 10.8. The fourth-order valence-corrected chi connectivity index (χ4v) is 1.37. The molecular formula is C12H17NO. The summed E-state index contributed by atoms with van der Waals surface area (Å²) in [6.07, 6.45) is 1.61. The van der Waals surface area contributed by atoms with Gasteiger partial charge in [0.2, 0.25) is 0 Å². The second kappa shape index (κ2) is 5.43. The van der Waals surface area contributed by atoms with Crippen LogP contribution in [0.1, 0.15) is 25.8 Å². The SMILES string of the molecule is CCc1ccccc1NCCC(C)=O. The van der Waals surface area contributed by atoms with Crippen LogP contribution in [0.15, 0.2) is 24.3 Å². The third-order valence-corrected chi connectivity index (χ3v) is 2.19. The smallest absolute Gasteiger partial charge is 0.131 e. The average Bonchev–Trinajstić information content (AvgIpc) is 2.18. The molecule has 76 valence electrons. The van der Waals surface area contributed by atoms with Crippen LogP contribution in [-0.2, 0) is 11.2 Å². The first-order valence-electron chi connectivity index (χ1n) is 5.05. The maximum Gasteiger partial charge on any atom is 0.131 e. The number of ketones is 1. The van der Waals surface area contributed by atoms with Crippen LogP contribution in [0.2, 0.25) is 0 Å². The lowest BCUT2D eigenvalue weighted by molar-refractivity contribution is -0.116. The van der Waals surface area contributed by atoms with Crippen molar-refractivity contribution in [2.75, 3.05) is 11.9 Å². The largest absolute Gasteiger partial charge is 0.384 e. The molecule has 0 saturated carbocycles. The van der Waals surface area contributed by atoms with E-state index in [1.54, 1.807) is 6.92 Å². The van der Waals surface area contributed by atoms with Gasteiger partial charge < -0.3 is 5.32 Å². The molecule has 0 unspecified atom stereocenters. The Balaban J connectivity index is 2.53. The van der Waals surface area contributed by atoms with Crippen molar-refractivity contribution < 1.29 is 4.79 Å². The number of para-hydroxylation sites is 1. The van der Waals surface area contributed by atoms with Crippen LogP contribution in [0.5, 0.6) is 0 Å². The fourth-order valence-electron chi connectivity index (χ4n) is 1.37. The van der Waals surface area contributed by atoms with Gasteiger partial charge in [-0.25, -0.2) is 0 Å². The van der Waals surface area contributed by atoms with Crippen LogP contribution in [0.25, 0.3) is 0 Å². The lowest BCUT2D eigenvalue weighted by Gasteiger charge is -2.09. The van der Waals surface area contributed by atoms with Crippen LogP contribution in [-0.4, -0.2) is 12.3 Å². The van der Waals surface area contributed by atoms with E-state index in [1.807, 2.05) is 12.1 Å². The van der Waals surface area contributed by atoms with Gasteiger partial charge in [-0.3, -0.25) is 4.79 Å². The van der Waals surface area contributed by atoms with Crippen molar-refractivity contribution in [3.8, 4) is 0 Å². The lowest BCUT2D eigenvalue weighted by atomic mass is 10.1. The molecule has 0 atom stereocenters. The summed E-state index contributed by atoms with van der Waals surface area (Å²) < 4.78 is 0. The first-order valence-corrected chi connectivity index (χ1v) is 5.05. The molecule has 0 spiro atoms. The predicted octanol–water partition coefficient (Wildman–Crippen LogP) is 2.64. The normalized spacial score (nSPS) is 9.86. The Morgan fingerprint density at radius 3 is 2.71 bits per heavy atom. The highest BCUT2D eigenvalue weighted by Crippen LogP contribution is 2.14. The van der Waals surface area contributed by atoms with E-state index in [0.717, 1.165) is 18.7 Å². The molecule has 0 aromatic heterocycles. The van der Waals surface area contributed by atoms with Crippen molar-refractivity contribution in [3.05, 3.63) is 29.8 Å². The number of carbonyl (C=O) groups excluding carboxylic acids is 1. The Kier molecular flexibility index (Phi) is 4.17. The Morgan fingerprint density at radius 1 is 1.36 bits per heavy atom. The number of nitrogens with one attached hydrogen (secondary N) is 1. The monoisotopic (exact) mass is 191 g/mol. The molecule has 1 aromatic rings. The van der Waals surface area contributed by atoms with E-state index in [9.17, 15) is 4.79 Å². The summed E-state index contributed by atoms with van der Waals surface area (Å²) in [4.78, 5) is 10.7. The fraction of sp³-hybridized carbons (Fsp3) is 0.417. The molecule has 1 rings (SSSR count). The third kappa shape index (κ3) is 3.21. The van der Waals surface area contributed by atoms with Gasteiger partial charge in [-0.15, -0.1) is 0 Å². The van der Waals surface area contributed by atoms with Crippen LogP contribution in [0.4, 0.5) is 5.69 Å². The molecule has 14 heavy (non-hydrogen) atoms. The van der Waals surface area contributed by atoms with Crippen molar-refractivity contribution in [2.24, 2.45) is 0 Å². The highest BCUT2D eigenvalue weighted by molar-refractivity contribution is 5.76. The Bertz CT molecular complexity index is 307. The van der Waals surface area contributed by atoms with E-state index in [2.05, 4.69) is 24.4 Å². The van der Waals surface area contributed by atoms with Crippen molar-refractivity contribution in [3.63, 3.8) is 0 Å². The van der Waals surface area contributed by atoms with Gasteiger partial charge in [-0.2, -0.15) is 0 Å². The van der Waals surface area contributed by atoms with Crippen molar-refractivity contribution >= 4 is 11.5 Å². The van der Waals surface area contributed by atoms with Gasteiger partial charge in [0.15, 0.2) is 0 Å². The second-order valence-electron chi connectivity index (χ2n) is 3.39.